The number of anilines is 2. The highest BCUT2D eigenvalue weighted by Crippen LogP contribution is 2.22. The first-order chi connectivity index (χ1) is 13.1. The molecule has 0 aromatic heterocycles. The molecule has 1 atom stereocenters. The Morgan fingerprint density at radius 2 is 1.67 bits per heavy atom. The van der Waals surface area contributed by atoms with E-state index >= 15 is 0 Å². The van der Waals surface area contributed by atoms with Gasteiger partial charge in [0.25, 0.3) is 0 Å². The van der Waals surface area contributed by atoms with Gasteiger partial charge in [0.1, 0.15) is 11.8 Å². The average Bonchev–Trinajstić information content (AvgIpc) is 3.15. The van der Waals surface area contributed by atoms with Gasteiger partial charge in [-0.3, -0.25) is 4.79 Å². The third-order valence-corrected chi connectivity index (χ3v) is 4.55. The summed E-state index contributed by atoms with van der Waals surface area (Å²) in [5, 5.41) is 5.76. The molecule has 0 saturated carbocycles. The fraction of sp³-hybridized carbons (Fsp3) is 0.333. The molecule has 27 heavy (non-hydrogen) atoms. The van der Waals surface area contributed by atoms with Gasteiger partial charge in [-0.05, 0) is 63.1 Å². The number of likely N-dealkylation sites (tertiary alicyclic amines) is 1. The first-order valence-corrected chi connectivity index (χ1v) is 9.25. The van der Waals surface area contributed by atoms with Crippen molar-refractivity contribution in [3.8, 4) is 5.75 Å². The minimum Gasteiger partial charge on any atom is -0.494 e. The molecule has 1 unspecified atom stereocenters. The summed E-state index contributed by atoms with van der Waals surface area (Å²) < 4.78 is 5.40. The minimum absolute atomic E-state index is 0.171. The van der Waals surface area contributed by atoms with Crippen LogP contribution in [0.4, 0.5) is 16.2 Å². The third-order valence-electron chi connectivity index (χ3n) is 4.55. The van der Waals surface area contributed by atoms with Gasteiger partial charge in [0, 0.05) is 17.9 Å². The molecule has 142 valence electrons. The van der Waals surface area contributed by atoms with E-state index in [1.807, 2.05) is 50.2 Å². The van der Waals surface area contributed by atoms with Crippen molar-refractivity contribution in [2.24, 2.45) is 0 Å². The molecule has 6 nitrogen and oxygen atoms in total. The van der Waals surface area contributed by atoms with Crippen molar-refractivity contribution >= 4 is 23.3 Å². The van der Waals surface area contributed by atoms with Gasteiger partial charge in [-0.25, -0.2) is 4.79 Å². The van der Waals surface area contributed by atoms with Crippen LogP contribution >= 0.6 is 0 Å². The average molecular weight is 367 g/mol. The van der Waals surface area contributed by atoms with Crippen LogP contribution in [0, 0.1) is 6.92 Å². The highest BCUT2D eigenvalue weighted by Gasteiger charge is 2.34. The lowest BCUT2D eigenvalue weighted by Crippen LogP contribution is -2.45. The van der Waals surface area contributed by atoms with Crippen LogP contribution in [-0.4, -0.2) is 36.0 Å². The first-order valence-electron chi connectivity index (χ1n) is 9.25. The zero-order valence-electron chi connectivity index (χ0n) is 15.7. The number of nitrogens with zero attached hydrogens (tertiary/aromatic N) is 1. The second-order valence-electron chi connectivity index (χ2n) is 6.59. The van der Waals surface area contributed by atoms with Crippen LogP contribution in [0.3, 0.4) is 0 Å². The minimum atomic E-state index is -0.470. The number of amides is 3. The number of nitrogens with one attached hydrogen (secondary N) is 2. The van der Waals surface area contributed by atoms with Gasteiger partial charge >= 0.3 is 6.03 Å². The van der Waals surface area contributed by atoms with Gasteiger partial charge in [0.15, 0.2) is 0 Å². The molecule has 3 rings (SSSR count). The number of urea groups is 1. The molecule has 0 spiro atoms. The summed E-state index contributed by atoms with van der Waals surface area (Å²) in [6.45, 7) is 5.08. The largest absolute Gasteiger partial charge is 0.494 e. The Balaban J connectivity index is 1.61. The second-order valence-corrected chi connectivity index (χ2v) is 6.59. The fourth-order valence-corrected chi connectivity index (χ4v) is 3.14. The third kappa shape index (κ3) is 4.78. The van der Waals surface area contributed by atoms with E-state index in [0.717, 1.165) is 23.4 Å². The number of carbonyl (C=O) groups excluding carboxylic acids is 2. The molecule has 3 amide bonds. The fourth-order valence-electron chi connectivity index (χ4n) is 3.14. The van der Waals surface area contributed by atoms with Crippen LogP contribution in [0.1, 0.15) is 25.3 Å². The van der Waals surface area contributed by atoms with E-state index in [1.165, 1.54) is 0 Å². The van der Waals surface area contributed by atoms with Crippen LogP contribution in [0.2, 0.25) is 0 Å². The molecule has 1 fully saturated rings. The van der Waals surface area contributed by atoms with Gasteiger partial charge in [-0.2, -0.15) is 0 Å². The zero-order valence-corrected chi connectivity index (χ0v) is 15.7. The van der Waals surface area contributed by atoms with E-state index in [0.29, 0.717) is 25.3 Å². The molecular formula is C21H25N3O3. The highest BCUT2D eigenvalue weighted by molar-refractivity contribution is 5.99. The Morgan fingerprint density at radius 3 is 2.33 bits per heavy atom. The second kappa shape index (κ2) is 8.58. The van der Waals surface area contributed by atoms with Crippen molar-refractivity contribution in [2.75, 3.05) is 23.8 Å². The molecular weight excluding hydrogens is 342 g/mol. The quantitative estimate of drug-likeness (QED) is 0.838. The lowest BCUT2D eigenvalue weighted by atomic mass is 10.2. The van der Waals surface area contributed by atoms with Crippen molar-refractivity contribution in [1.29, 1.82) is 0 Å². The van der Waals surface area contributed by atoms with E-state index in [4.69, 9.17) is 4.74 Å². The monoisotopic (exact) mass is 367 g/mol. The topological polar surface area (TPSA) is 70.7 Å². The lowest BCUT2D eigenvalue weighted by molar-refractivity contribution is -0.119. The Bertz CT molecular complexity index is 787. The molecule has 2 aromatic rings. The molecule has 1 heterocycles. The maximum absolute atomic E-state index is 12.7. The van der Waals surface area contributed by atoms with Gasteiger partial charge in [-0.15, -0.1) is 0 Å². The van der Waals surface area contributed by atoms with Crippen LogP contribution in [-0.2, 0) is 4.79 Å². The van der Waals surface area contributed by atoms with Gasteiger partial charge in [-0.1, -0.05) is 17.7 Å². The molecule has 2 N–H and O–H groups in total. The molecule has 0 bridgehead atoms. The van der Waals surface area contributed by atoms with E-state index < -0.39 is 6.04 Å². The number of hydrogen-bond donors (Lipinski definition) is 2. The van der Waals surface area contributed by atoms with E-state index in [1.54, 1.807) is 17.0 Å². The lowest BCUT2D eigenvalue weighted by Gasteiger charge is -2.24. The van der Waals surface area contributed by atoms with Gasteiger partial charge in [0.05, 0.1) is 6.61 Å². The molecule has 1 aliphatic rings. The van der Waals surface area contributed by atoms with Gasteiger partial charge < -0.3 is 20.3 Å². The van der Waals surface area contributed by atoms with Gasteiger partial charge in [0.2, 0.25) is 5.91 Å². The number of benzene rings is 2. The summed E-state index contributed by atoms with van der Waals surface area (Å²) in [6.07, 6.45) is 1.47. The summed E-state index contributed by atoms with van der Waals surface area (Å²) in [4.78, 5) is 26.9. The number of rotatable bonds is 5. The molecule has 2 aromatic carbocycles. The van der Waals surface area contributed by atoms with E-state index in [2.05, 4.69) is 10.6 Å². The Hall–Kier alpha value is -3.02. The van der Waals surface area contributed by atoms with Crippen molar-refractivity contribution < 1.29 is 14.3 Å². The Morgan fingerprint density at radius 1 is 1.04 bits per heavy atom. The van der Waals surface area contributed by atoms with Crippen LogP contribution < -0.4 is 15.4 Å². The zero-order chi connectivity index (χ0) is 19.2. The predicted molar refractivity (Wildman–Crippen MR) is 106 cm³/mol. The highest BCUT2D eigenvalue weighted by atomic mass is 16.5. The first kappa shape index (κ1) is 18.8. The van der Waals surface area contributed by atoms with Crippen LogP contribution in [0.25, 0.3) is 0 Å². The maximum atomic E-state index is 12.7. The maximum Gasteiger partial charge on any atom is 0.322 e. The normalized spacial score (nSPS) is 16.1. The number of aryl methyl sites for hydroxylation is 1. The molecule has 1 saturated heterocycles. The molecule has 0 radical (unpaired) electrons. The number of carbonyl (C=O) groups is 2. The van der Waals surface area contributed by atoms with E-state index in [9.17, 15) is 9.59 Å². The van der Waals surface area contributed by atoms with E-state index in [-0.39, 0.29) is 11.9 Å². The summed E-state index contributed by atoms with van der Waals surface area (Å²) >= 11 is 0. The number of hydrogen-bond acceptors (Lipinski definition) is 3. The van der Waals surface area contributed by atoms with Crippen molar-refractivity contribution in [2.45, 2.75) is 32.7 Å². The van der Waals surface area contributed by atoms with Crippen molar-refractivity contribution in [1.82, 2.24) is 4.90 Å². The smallest absolute Gasteiger partial charge is 0.322 e. The van der Waals surface area contributed by atoms with Crippen molar-refractivity contribution in [3.05, 3.63) is 54.1 Å². The SMILES string of the molecule is CCOc1ccc(NC(=O)C2CCCN2C(=O)Nc2ccc(C)cc2)cc1. The van der Waals surface area contributed by atoms with Crippen LogP contribution in [0.15, 0.2) is 48.5 Å². The predicted octanol–water partition coefficient (Wildman–Crippen LogP) is 4.03. The molecule has 1 aliphatic heterocycles. The summed E-state index contributed by atoms with van der Waals surface area (Å²) in [7, 11) is 0. The summed E-state index contributed by atoms with van der Waals surface area (Å²) in [6, 6.07) is 14.1. The molecule has 0 aliphatic carbocycles. The van der Waals surface area contributed by atoms with Crippen LogP contribution in [0.5, 0.6) is 5.75 Å². The summed E-state index contributed by atoms with van der Waals surface area (Å²) in [5.41, 5.74) is 2.54. The standard InChI is InChI=1S/C21H25N3O3/c1-3-27-18-12-10-16(11-13-18)22-20(25)19-5-4-14-24(19)21(26)23-17-8-6-15(2)7-9-17/h6-13,19H,3-5,14H2,1-2H3,(H,22,25)(H,23,26). The Kier molecular flexibility index (Phi) is 5.96. The molecule has 6 heteroatoms. The van der Waals surface area contributed by atoms with Crippen molar-refractivity contribution in [3.63, 3.8) is 0 Å². The number of ether oxygens (including phenoxy) is 1. The Labute approximate surface area is 159 Å². The summed E-state index contributed by atoms with van der Waals surface area (Å²) in [5.74, 6) is 0.589.